The summed E-state index contributed by atoms with van der Waals surface area (Å²) in [4.78, 5) is 0. The van der Waals surface area contributed by atoms with E-state index in [4.69, 9.17) is 0 Å². The number of rotatable bonds is 11. The maximum Gasteiger partial charge on any atom is 0.385 e. The van der Waals surface area contributed by atoms with Crippen molar-refractivity contribution in [3.05, 3.63) is 6.43 Å². The third-order valence-electron chi connectivity index (χ3n) is 4.31. The van der Waals surface area contributed by atoms with Crippen molar-refractivity contribution in [2.45, 2.75) is 72.3 Å². The van der Waals surface area contributed by atoms with Gasteiger partial charge in [-0.1, -0.05) is 0 Å². The lowest BCUT2D eigenvalue weighted by atomic mass is 9.85. The van der Waals surface area contributed by atoms with E-state index in [2.05, 4.69) is 0 Å². The Kier molecular flexibility index (Phi) is 8.07. The lowest BCUT2D eigenvalue weighted by Crippen LogP contribution is -2.77. The van der Waals surface area contributed by atoms with Crippen molar-refractivity contribution >= 4 is 0 Å². The summed E-state index contributed by atoms with van der Waals surface area (Å²) in [5.74, 6) is -86.9. The van der Waals surface area contributed by atoms with Crippen LogP contribution in [0.15, 0.2) is 0 Å². The van der Waals surface area contributed by atoms with Crippen LogP contribution >= 0.6 is 0 Å². The second kappa shape index (κ2) is 8.45. The van der Waals surface area contributed by atoms with Gasteiger partial charge in [-0.2, -0.15) is 96.6 Å². The quantitative estimate of drug-likeness (QED) is 0.211. The van der Waals surface area contributed by atoms with Gasteiger partial charge < -0.3 is 0 Å². The second-order valence-electron chi connectivity index (χ2n) is 6.67. The van der Waals surface area contributed by atoms with Crippen molar-refractivity contribution in [2.24, 2.45) is 0 Å². The molecule has 0 rings (SSSR count). The molecular weight excluding hydrogens is 593 g/mol. The highest BCUT2D eigenvalue weighted by molar-refractivity contribution is 5.19. The van der Waals surface area contributed by atoms with E-state index in [0.717, 1.165) is 0 Å². The summed E-state index contributed by atoms with van der Waals surface area (Å²) in [6.07, 6.45) is -10.0. The highest BCUT2D eigenvalue weighted by Crippen LogP contribution is 2.66. The largest absolute Gasteiger partial charge is 0.385 e. The number of hydrogen-bond acceptors (Lipinski definition) is 0. The molecule has 0 aromatic carbocycles. The number of halogens is 23. The van der Waals surface area contributed by atoms with Gasteiger partial charge in [0.25, 0.3) is 0 Å². The van der Waals surface area contributed by atoms with E-state index >= 15 is 0 Å². The van der Waals surface area contributed by atoms with Crippen LogP contribution in [0.2, 0.25) is 0 Å². The zero-order chi connectivity index (χ0) is 30.2. The van der Waals surface area contributed by atoms with Crippen LogP contribution in [0.5, 0.6) is 0 Å². The van der Waals surface area contributed by atoms with Crippen molar-refractivity contribution in [1.29, 1.82) is 0 Å². The smallest absolute Gasteiger partial charge is 0.241 e. The lowest BCUT2D eigenvalue weighted by Gasteiger charge is -2.45. The van der Waals surface area contributed by atoms with Gasteiger partial charge >= 0.3 is 65.7 Å². The molecular formula is C13H4F23. The predicted molar refractivity (Wildman–Crippen MR) is 65.5 cm³/mol. The molecule has 1 atom stereocenters. The minimum absolute atomic E-state index is 0.840. The SMILES string of the molecule is CC(F)C(F)(F)C(F)(F)C(F)(F)C(F)(F)C(F)(F)C(F)(F)C(F)(F)C(F)(F)C(F)(F)C(F)(F)[C](F)F. The number of hydrogen-bond donors (Lipinski definition) is 0. The average Bonchev–Trinajstić information content (AvgIpc) is 2.65. The molecule has 0 heterocycles. The molecule has 0 aromatic rings. The van der Waals surface area contributed by atoms with Gasteiger partial charge in [-0.15, -0.1) is 0 Å². The molecule has 0 saturated carbocycles. The van der Waals surface area contributed by atoms with Gasteiger partial charge in [0.05, 0.1) is 0 Å². The van der Waals surface area contributed by atoms with Crippen LogP contribution in [0.4, 0.5) is 101 Å². The van der Waals surface area contributed by atoms with E-state index in [1.807, 2.05) is 0 Å². The third-order valence-corrected chi connectivity index (χ3v) is 4.31. The van der Waals surface area contributed by atoms with Gasteiger partial charge in [0, 0.05) is 0 Å². The Morgan fingerprint density at radius 1 is 0.389 bits per heavy atom. The van der Waals surface area contributed by atoms with Crippen molar-refractivity contribution in [2.75, 3.05) is 0 Å². The molecule has 1 unspecified atom stereocenters. The fraction of sp³-hybridized carbons (Fsp3) is 0.923. The van der Waals surface area contributed by atoms with E-state index in [-0.39, 0.29) is 0 Å². The summed E-state index contributed by atoms with van der Waals surface area (Å²) in [7, 11) is 0. The molecule has 1 radical (unpaired) electrons. The Hall–Kier alpha value is -1.61. The van der Waals surface area contributed by atoms with Crippen molar-refractivity contribution in [1.82, 2.24) is 0 Å². The molecule has 0 spiro atoms. The Balaban J connectivity index is 7.16. The van der Waals surface area contributed by atoms with Crippen molar-refractivity contribution < 1.29 is 101 Å². The fourth-order valence-corrected chi connectivity index (χ4v) is 1.96. The van der Waals surface area contributed by atoms with E-state index in [1.54, 1.807) is 0 Å². The molecule has 0 aliphatic carbocycles. The molecule has 0 saturated heterocycles. The minimum atomic E-state index is -9.32. The summed E-state index contributed by atoms with van der Waals surface area (Å²) < 4.78 is 299. The Bertz CT molecular complexity index is 722. The first-order valence-electron chi connectivity index (χ1n) is 7.74. The average molecular weight is 597 g/mol. The van der Waals surface area contributed by atoms with Crippen LogP contribution in [0.1, 0.15) is 6.92 Å². The van der Waals surface area contributed by atoms with Crippen LogP contribution in [0.3, 0.4) is 0 Å². The van der Waals surface area contributed by atoms with Gasteiger partial charge in [0.2, 0.25) is 0 Å². The fourth-order valence-electron chi connectivity index (χ4n) is 1.96. The first kappa shape index (κ1) is 34.4. The summed E-state index contributed by atoms with van der Waals surface area (Å²) in [6.45, 7) is -0.840. The predicted octanol–water partition coefficient (Wildman–Crippen LogP) is 8.13. The molecule has 0 nitrogen and oxygen atoms in total. The third kappa shape index (κ3) is 3.82. The van der Waals surface area contributed by atoms with Gasteiger partial charge in [0.15, 0.2) is 6.17 Å². The van der Waals surface area contributed by atoms with Gasteiger partial charge in [0.1, 0.15) is 0 Å². The minimum Gasteiger partial charge on any atom is -0.241 e. The summed E-state index contributed by atoms with van der Waals surface area (Å²) in [5, 5.41) is 0. The van der Waals surface area contributed by atoms with Crippen LogP contribution in [-0.4, -0.2) is 65.4 Å². The summed E-state index contributed by atoms with van der Waals surface area (Å²) >= 11 is 0. The molecule has 36 heavy (non-hydrogen) atoms. The van der Waals surface area contributed by atoms with Gasteiger partial charge in [-0.05, 0) is 6.92 Å². The molecule has 0 N–H and O–H groups in total. The zero-order valence-electron chi connectivity index (χ0n) is 15.8. The van der Waals surface area contributed by atoms with E-state index < -0.39 is 78.7 Å². The summed E-state index contributed by atoms with van der Waals surface area (Å²) in [6, 6.07) is 0. The monoisotopic (exact) mass is 597 g/mol. The Morgan fingerprint density at radius 3 is 0.778 bits per heavy atom. The maximum atomic E-state index is 13.4. The molecule has 23 heteroatoms. The van der Waals surface area contributed by atoms with Crippen LogP contribution in [0, 0.1) is 6.43 Å². The molecule has 0 fully saturated rings. The first-order valence-corrected chi connectivity index (χ1v) is 7.74. The van der Waals surface area contributed by atoms with Crippen molar-refractivity contribution in [3.63, 3.8) is 0 Å². The molecule has 0 aliphatic heterocycles. The van der Waals surface area contributed by atoms with Crippen LogP contribution in [-0.2, 0) is 0 Å². The molecule has 217 valence electrons. The molecule has 0 bridgehead atoms. The van der Waals surface area contributed by atoms with Gasteiger partial charge in [-0.25, -0.2) is 4.39 Å². The first-order chi connectivity index (χ1) is 15.1. The maximum absolute atomic E-state index is 13.4. The highest BCUT2D eigenvalue weighted by atomic mass is 19.4. The Labute approximate surface area is 181 Å². The second-order valence-corrected chi connectivity index (χ2v) is 6.67. The lowest BCUT2D eigenvalue weighted by molar-refractivity contribution is -0.470. The molecule has 0 aromatic heterocycles. The zero-order valence-corrected chi connectivity index (χ0v) is 15.8. The normalized spacial score (nSPS) is 17.6. The highest BCUT2D eigenvalue weighted by Gasteiger charge is 2.98. The topological polar surface area (TPSA) is 0 Å². The Morgan fingerprint density at radius 2 is 0.583 bits per heavy atom. The van der Waals surface area contributed by atoms with Crippen LogP contribution in [0.25, 0.3) is 0 Å². The van der Waals surface area contributed by atoms with Crippen LogP contribution < -0.4 is 0 Å². The standard InChI is InChI=1S/C13H4F23/c1-2(14)4(17,18)6(21,22)8(25,26)10(29,30)12(33,34)13(35,36)11(31,32)9(27,28)7(23,24)5(19,20)3(15)16/h2H,1H3. The van der Waals surface area contributed by atoms with E-state index in [9.17, 15) is 101 Å². The van der Waals surface area contributed by atoms with Crippen molar-refractivity contribution in [3.8, 4) is 0 Å². The summed E-state index contributed by atoms with van der Waals surface area (Å²) in [5.41, 5.74) is 0. The van der Waals surface area contributed by atoms with E-state index in [1.165, 1.54) is 0 Å². The number of alkyl halides is 21. The molecule has 0 aliphatic rings. The van der Waals surface area contributed by atoms with E-state index in [0.29, 0.717) is 0 Å². The molecule has 0 amide bonds. The van der Waals surface area contributed by atoms with Gasteiger partial charge in [-0.3, -0.25) is 0 Å².